The van der Waals surface area contributed by atoms with Gasteiger partial charge in [-0.1, -0.05) is 0 Å². The van der Waals surface area contributed by atoms with Crippen molar-refractivity contribution in [1.82, 2.24) is 24.2 Å². The molecule has 0 aromatic carbocycles. The summed E-state index contributed by atoms with van der Waals surface area (Å²) in [5, 5.41) is 4.27. The predicted molar refractivity (Wildman–Crippen MR) is 86.9 cm³/mol. The molecule has 0 radical (unpaired) electrons. The van der Waals surface area contributed by atoms with Gasteiger partial charge in [-0.3, -0.25) is 9.58 Å². The van der Waals surface area contributed by atoms with Gasteiger partial charge in [0.1, 0.15) is 0 Å². The molecule has 4 rings (SSSR count). The Bertz CT molecular complexity index is 672. The van der Waals surface area contributed by atoms with E-state index in [1.165, 1.54) is 29.8 Å². The van der Waals surface area contributed by atoms with Crippen LogP contribution in [0.3, 0.4) is 0 Å². The summed E-state index contributed by atoms with van der Waals surface area (Å²) < 4.78 is 9.75. The lowest BCUT2D eigenvalue weighted by Gasteiger charge is -2.32. The van der Waals surface area contributed by atoms with Crippen LogP contribution in [0.1, 0.15) is 35.7 Å². The molecule has 1 aliphatic heterocycles. The number of hydrogen-bond acceptors (Lipinski definition) is 4. The average Bonchev–Trinajstić information content (AvgIpc) is 3.11. The van der Waals surface area contributed by atoms with Crippen LogP contribution in [0.4, 0.5) is 0 Å². The Kier molecular flexibility index (Phi) is 3.95. The lowest BCUT2D eigenvalue weighted by Crippen LogP contribution is -2.36. The Morgan fingerprint density at radius 2 is 2.22 bits per heavy atom. The lowest BCUT2D eigenvalue weighted by atomic mass is 9.98. The number of rotatable bonds is 6. The molecular weight excluding hydrogens is 290 g/mol. The van der Waals surface area contributed by atoms with Crippen LogP contribution in [0.15, 0.2) is 18.7 Å². The van der Waals surface area contributed by atoms with Crippen LogP contribution in [0, 0.1) is 5.92 Å². The first-order valence-electron chi connectivity index (χ1n) is 8.45. The van der Waals surface area contributed by atoms with Crippen LogP contribution in [0.2, 0.25) is 0 Å². The highest BCUT2D eigenvalue weighted by atomic mass is 16.5. The van der Waals surface area contributed by atoms with Crippen molar-refractivity contribution in [3.63, 3.8) is 0 Å². The summed E-state index contributed by atoms with van der Waals surface area (Å²) in [6.07, 6.45) is 8.82. The lowest BCUT2D eigenvalue weighted by molar-refractivity contribution is 0.131. The summed E-state index contributed by atoms with van der Waals surface area (Å²) in [5.74, 6) is 1.27. The van der Waals surface area contributed by atoms with Gasteiger partial charge in [0.15, 0.2) is 0 Å². The molecule has 1 unspecified atom stereocenters. The molecule has 0 saturated heterocycles. The van der Waals surface area contributed by atoms with Crippen LogP contribution in [-0.4, -0.2) is 44.5 Å². The van der Waals surface area contributed by atoms with Gasteiger partial charge in [-0.05, 0) is 18.8 Å². The second kappa shape index (κ2) is 6.09. The maximum Gasteiger partial charge on any atom is 0.0952 e. The summed E-state index contributed by atoms with van der Waals surface area (Å²) in [7, 11) is 3.76. The van der Waals surface area contributed by atoms with Crippen LogP contribution >= 0.6 is 0 Å². The van der Waals surface area contributed by atoms with Gasteiger partial charge >= 0.3 is 0 Å². The Hall–Kier alpha value is -1.66. The topological polar surface area (TPSA) is 48.1 Å². The normalized spacial score (nSPS) is 21.6. The largest absolute Gasteiger partial charge is 0.384 e. The minimum atomic E-state index is 0.404. The number of ether oxygens (including phenoxy) is 1. The zero-order chi connectivity index (χ0) is 15.8. The maximum atomic E-state index is 5.50. The van der Waals surface area contributed by atoms with Crippen molar-refractivity contribution in [3.8, 4) is 0 Å². The van der Waals surface area contributed by atoms with E-state index in [0.717, 1.165) is 38.7 Å². The molecule has 0 N–H and O–H groups in total. The van der Waals surface area contributed by atoms with E-state index in [-0.39, 0.29) is 0 Å². The van der Waals surface area contributed by atoms with E-state index in [4.69, 9.17) is 9.72 Å². The summed E-state index contributed by atoms with van der Waals surface area (Å²) in [5.41, 5.74) is 3.88. The molecular formula is C17H25N5O. The number of aryl methyl sites for hydroxylation is 1. The first-order chi connectivity index (χ1) is 11.2. The van der Waals surface area contributed by atoms with E-state index < -0.39 is 0 Å². The fourth-order valence-corrected chi connectivity index (χ4v) is 3.69. The van der Waals surface area contributed by atoms with Crippen LogP contribution in [0.5, 0.6) is 0 Å². The standard InChI is InChI=1S/C17H25N5O/c1-20-6-14(5-19-20)7-21-9-15(11-23-2)17-16(10-21)18-12-22(17)8-13-3-4-13/h5-6,12-13,15H,3-4,7-11H2,1-2H3. The van der Waals surface area contributed by atoms with Gasteiger partial charge in [0, 0.05) is 63.7 Å². The number of aromatic nitrogens is 4. The number of hydrogen-bond donors (Lipinski definition) is 0. The fraction of sp³-hybridized carbons (Fsp3) is 0.647. The third kappa shape index (κ3) is 3.19. The molecule has 2 aromatic rings. The first kappa shape index (κ1) is 14.9. The molecule has 1 atom stereocenters. The summed E-state index contributed by atoms with van der Waals surface area (Å²) >= 11 is 0. The number of nitrogens with zero attached hydrogens (tertiary/aromatic N) is 5. The first-order valence-corrected chi connectivity index (χ1v) is 8.45. The number of imidazole rings is 1. The van der Waals surface area contributed by atoms with E-state index in [1.54, 1.807) is 7.11 Å². The molecule has 0 amide bonds. The van der Waals surface area contributed by atoms with E-state index in [9.17, 15) is 0 Å². The molecule has 6 nitrogen and oxygen atoms in total. The monoisotopic (exact) mass is 315 g/mol. The Morgan fingerprint density at radius 3 is 2.91 bits per heavy atom. The second-order valence-corrected chi connectivity index (χ2v) is 7.02. The second-order valence-electron chi connectivity index (χ2n) is 7.02. The molecule has 0 spiro atoms. The Morgan fingerprint density at radius 1 is 1.35 bits per heavy atom. The molecule has 2 aromatic heterocycles. The van der Waals surface area contributed by atoms with Crippen molar-refractivity contribution >= 4 is 0 Å². The van der Waals surface area contributed by atoms with Gasteiger partial charge in [0.25, 0.3) is 0 Å². The molecule has 1 aliphatic carbocycles. The minimum Gasteiger partial charge on any atom is -0.384 e. The Balaban J connectivity index is 1.54. The van der Waals surface area contributed by atoms with Crippen molar-refractivity contribution in [2.75, 3.05) is 20.3 Å². The van der Waals surface area contributed by atoms with Crippen molar-refractivity contribution in [3.05, 3.63) is 35.7 Å². The van der Waals surface area contributed by atoms with E-state index >= 15 is 0 Å². The molecule has 2 aliphatic rings. The number of methoxy groups -OCH3 is 1. The maximum absolute atomic E-state index is 5.50. The summed E-state index contributed by atoms with van der Waals surface area (Å²) in [6.45, 7) is 4.75. The molecule has 1 fully saturated rings. The van der Waals surface area contributed by atoms with Crippen molar-refractivity contribution in [2.45, 2.75) is 38.4 Å². The molecule has 23 heavy (non-hydrogen) atoms. The molecule has 6 heteroatoms. The van der Waals surface area contributed by atoms with Gasteiger partial charge in [-0.2, -0.15) is 5.10 Å². The zero-order valence-electron chi connectivity index (χ0n) is 14.0. The predicted octanol–water partition coefficient (Wildman–Crippen LogP) is 1.77. The third-order valence-corrected chi connectivity index (χ3v) is 4.88. The molecule has 0 bridgehead atoms. The van der Waals surface area contributed by atoms with Gasteiger partial charge in [-0.25, -0.2) is 4.98 Å². The highest BCUT2D eigenvalue weighted by Gasteiger charge is 2.31. The molecule has 3 heterocycles. The van der Waals surface area contributed by atoms with Crippen molar-refractivity contribution < 1.29 is 4.74 Å². The summed E-state index contributed by atoms with van der Waals surface area (Å²) in [4.78, 5) is 7.17. The molecule has 1 saturated carbocycles. The number of fused-ring (bicyclic) bond motifs is 1. The summed E-state index contributed by atoms with van der Waals surface area (Å²) in [6, 6.07) is 0. The van der Waals surface area contributed by atoms with Crippen molar-refractivity contribution in [1.29, 1.82) is 0 Å². The molecule has 124 valence electrons. The van der Waals surface area contributed by atoms with E-state index in [0.29, 0.717) is 5.92 Å². The highest BCUT2D eigenvalue weighted by Crippen LogP contribution is 2.34. The third-order valence-electron chi connectivity index (χ3n) is 4.88. The van der Waals surface area contributed by atoms with Gasteiger partial charge in [-0.15, -0.1) is 0 Å². The van der Waals surface area contributed by atoms with E-state index in [2.05, 4.69) is 20.8 Å². The van der Waals surface area contributed by atoms with Gasteiger partial charge in [0.2, 0.25) is 0 Å². The van der Waals surface area contributed by atoms with Crippen LogP contribution in [-0.2, 0) is 31.4 Å². The smallest absolute Gasteiger partial charge is 0.0952 e. The minimum absolute atomic E-state index is 0.404. The van der Waals surface area contributed by atoms with Gasteiger partial charge < -0.3 is 9.30 Å². The van der Waals surface area contributed by atoms with Crippen LogP contribution < -0.4 is 0 Å². The zero-order valence-corrected chi connectivity index (χ0v) is 14.0. The van der Waals surface area contributed by atoms with Crippen LogP contribution in [0.25, 0.3) is 0 Å². The van der Waals surface area contributed by atoms with Gasteiger partial charge in [0.05, 0.1) is 24.8 Å². The van der Waals surface area contributed by atoms with E-state index in [1.807, 2.05) is 24.3 Å². The SMILES string of the molecule is COCC1CN(Cc2cnn(C)c2)Cc2ncn(CC3CC3)c21. The highest BCUT2D eigenvalue weighted by molar-refractivity contribution is 5.23. The average molecular weight is 315 g/mol. The van der Waals surface area contributed by atoms with Crippen molar-refractivity contribution in [2.24, 2.45) is 13.0 Å². The fourth-order valence-electron chi connectivity index (χ4n) is 3.69. The Labute approximate surface area is 137 Å². The quantitative estimate of drug-likeness (QED) is 0.815.